The van der Waals surface area contributed by atoms with Crippen molar-refractivity contribution in [1.82, 2.24) is 10.6 Å². The highest BCUT2D eigenvalue weighted by molar-refractivity contribution is 5.96. The number of benzene rings is 2. The van der Waals surface area contributed by atoms with Crippen LogP contribution in [-0.4, -0.2) is 55.1 Å². The van der Waals surface area contributed by atoms with Gasteiger partial charge in [0.25, 0.3) is 11.8 Å². The number of nitrogens with one attached hydrogen (secondary N) is 2. The first-order valence-electron chi connectivity index (χ1n) is 10.8. The van der Waals surface area contributed by atoms with Gasteiger partial charge in [0.05, 0.1) is 24.3 Å². The summed E-state index contributed by atoms with van der Waals surface area (Å²) in [4.78, 5) is 25.1. The van der Waals surface area contributed by atoms with Gasteiger partial charge in [0.1, 0.15) is 17.8 Å². The topological polar surface area (TPSA) is 85.9 Å². The fraction of sp³-hybridized carbons (Fsp3) is 0.417. The van der Waals surface area contributed by atoms with Crippen molar-refractivity contribution < 1.29 is 37.0 Å². The number of ether oxygens (including phenoxy) is 3. The number of alkyl halides is 3. The maximum atomic E-state index is 13.3. The van der Waals surface area contributed by atoms with Crippen LogP contribution in [-0.2, 0) is 20.4 Å². The molecule has 2 aliphatic heterocycles. The Morgan fingerprint density at radius 3 is 2.38 bits per heavy atom. The van der Waals surface area contributed by atoms with Crippen molar-refractivity contribution in [2.24, 2.45) is 0 Å². The average Bonchev–Trinajstić information content (AvgIpc) is 3.25. The molecule has 3 atom stereocenters. The van der Waals surface area contributed by atoms with Crippen molar-refractivity contribution in [1.29, 1.82) is 0 Å². The molecule has 0 radical (unpaired) electrons. The van der Waals surface area contributed by atoms with Gasteiger partial charge >= 0.3 is 6.18 Å². The zero-order chi connectivity index (χ0) is 24.6. The first kappa shape index (κ1) is 24.2. The molecule has 2 N–H and O–H groups in total. The molecule has 2 saturated heterocycles. The molecule has 2 aromatic rings. The smallest absolute Gasteiger partial charge is 0.370 e. The van der Waals surface area contributed by atoms with Gasteiger partial charge in [0.15, 0.2) is 5.79 Å². The van der Waals surface area contributed by atoms with E-state index in [0.717, 1.165) is 12.1 Å². The molecule has 0 aliphatic carbocycles. The van der Waals surface area contributed by atoms with Crippen molar-refractivity contribution in [3.05, 3.63) is 71.3 Å². The molecule has 10 heteroatoms. The van der Waals surface area contributed by atoms with Crippen LogP contribution in [0.5, 0.6) is 0 Å². The van der Waals surface area contributed by atoms with E-state index in [1.165, 1.54) is 12.1 Å². The van der Waals surface area contributed by atoms with E-state index in [1.54, 1.807) is 44.2 Å². The van der Waals surface area contributed by atoms with Gasteiger partial charge in [-0.25, -0.2) is 0 Å². The van der Waals surface area contributed by atoms with E-state index < -0.39 is 46.8 Å². The molecule has 2 aromatic carbocycles. The van der Waals surface area contributed by atoms with Crippen molar-refractivity contribution in [2.45, 2.75) is 43.6 Å². The average molecular weight is 478 g/mol. The van der Waals surface area contributed by atoms with Gasteiger partial charge in [0.2, 0.25) is 0 Å². The minimum Gasteiger partial charge on any atom is -0.370 e. The van der Waals surface area contributed by atoms with E-state index in [1.807, 2.05) is 0 Å². The molecule has 2 heterocycles. The number of fused-ring (bicyclic) bond motifs is 1. The SMILES string of the molecule is CC1(C)O[C@@H]2[C@@H](CNC(=O)c3ccccc3C(F)(F)F)OC[C@]2(CNC(=O)c2ccccc2)O1. The molecule has 182 valence electrons. The molecule has 0 aromatic heterocycles. The molecule has 4 rings (SSSR count). The van der Waals surface area contributed by atoms with Crippen LogP contribution in [0, 0.1) is 0 Å². The van der Waals surface area contributed by atoms with Crippen molar-refractivity contribution in [3.63, 3.8) is 0 Å². The molecule has 0 unspecified atom stereocenters. The molecular formula is C24H25F3N2O5. The number of carbonyl (C=O) groups is 2. The summed E-state index contributed by atoms with van der Waals surface area (Å²) < 4.78 is 57.7. The van der Waals surface area contributed by atoms with E-state index in [9.17, 15) is 22.8 Å². The van der Waals surface area contributed by atoms with Crippen LogP contribution in [0.2, 0.25) is 0 Å². The second-order valence-electron chi connectivity index (χ2n) is 8.76. The number of rotatable bonds is 6. The van der Waals surface area contributed by atoms with Gasteiger partial charge in [-0.15, -0.1) is 0 Å². The normalized spacial score (nSPS) is 25.6. The van der Waals surface area contributed by atoms with Gasteiger partial charge < -0.3 is 24.8 Å². The van der Waals surface area contributed by atoms with Crippen LogP contribution in [0.4, 0.5) is 13.2 Å². The minimum absolute atomic E-state index is 0.0792. The van der Waals surface area contributed by atoms with Crippen LogP contribution in [0.3, 0.4) is 0 Å². The summed E-state index contributed by atoms with van der Waals surface area (Å²) in [6.45, 7) is 3.53. The summed E-state index contributed by atoms with van der Waals surface area (Å²) in [6, 6.07) is 13.2. The maximum absolute atomic E-state index is 13.3. The third-order valence-electron chi connectivity index (χ3n) is 5.78. The highest BCUT2D eigenvalue weighted by Crippen LogP contribution is 2.43. The summed E-state index contributed by atoms with van der Waals surface area (Å²) in [7, 11) is 0. The lowest BCUT2D eigenvalue weighted by Gasteiger charge is -2.27. The molecule has 2 fully saturated rings. The Labute approximate surface area is 194 Å². The quantitative estimate of drug-likeness (QED) is 0.666. The summed E-state index contributed by atoms with van der Waals surface area (Å²) in [5.41, 5.74) is -2.01. The molecule has 34 heavy (non-hydrogen) atoms. The highest BCUT2D eigenvalue weighted by Gasteiger charge is 2.61. The van der Waals surface area contributed by atoms with Gasteiger partial charge in [-0.05, 0) is 38.1 Å². The lowest BCUT2D eigenvalue weighted by molar-refractivity contribution is -0.188. The minimum atomic E-state index is -4.66. The zero-order valence-corrected chi connectivity index (χ0v) is 18.6. The fourth-order valence-electron chi connectivity index (χ4n) is 4.34. The standard InChI is InChI=1S/C24H25F3N2O5/c1-22(2)33-19-18(12-28-21(31)16-10-6-7-11-17(16)24(25,26)27)32-14-23(19,34-22)13-29-20(30)15-8-4-3-5-9-15/h3-11,18-19H,12-14H2,1-2H3,(H,28,31)(H,29,30)/t18-,19-,23+/m1/s1. The zero-order valence-electron chi connectivity index (χ0n) is 18.6. The van der Waals surface area contributed by atoms with Crippen molar-refractivity contribution >= 4 is 11.8 Å². The second-order valence-corrected chi connectivity index (χ2v) is 8.76. The van der Waals surface area contributed by atoms with Gasteiger partial charge in [-0.1, -0.05) is 30.3 Å². The first-order valence-corrected chi connectivity index (χ1v) is 10.8. The molecule has 2 aliphatic rings. The molecule has 0 saturated carbocycles. The third kappa shape index (κ3) is 4.94. The lowest BCUT2D eigenvalue weighted by atomic mass is 9.96. The Balaban J connectivity index is 1.44. The van der Waals surface area contributed by atoms with E-state index in [-0.39, 0.29) is 25.6 Å². The first-order chi connectivity index (χ1) is 16.0. The van der Waals surface area contributed by atoms with E-state index in [4.69, 9.17) is 14.2 Å². The van der Waals surface area contributed by atoms with E-state index in [2.05, 4.69) is 10.6 Å². The van der Waals surface area contributed by atoms with Crippen LogP contribution >= 0.6 is 0 Å². The molecule has 0 bridgehead atoms. The Morgan fingerprint density at radius 1 is 1.00 bits per heavy atom. The lowest BCUT2D eigenvalue weighted by Crippen LogP contribution is -2.52. The second kappa shape index (κ2) is 9.01. The largest absolute Gasteiger partial charge is 0.417 e. The fourth-order valence-corrected chi connectivity index (χ4v) is 4.34. The number of carbonyl (C=O) groups excluding carboxylic acids is 2. The predicted octanol–water partition coefficient (Wildman–Crippen LogP) is 3.15. The highest BCUT2D eigenvalue weighted by atomic mass is 19.4. The molecule has 2 amide bonds. The number of hydrogen-bond donors (Lipinski definition) is 2. The van der Waals surface area contributed by atoms with Crippen LogP contribution in [0.15, 0.2) is 54.6 Å². The Bertz CT molecular complexity index is 1060. The number of halogens is 3. The summed E-state index contributed by atoms with van der Waals surface area (Å²) >= 11 is 0. The summed E-state index contributed by atoms with van der Waals surface area (Å²) in [6.07, 6.45) is -6.00. The molecule has 7 nitrogen and oxygen atoms in total. The Morgan fingerprint density at radius 2 is 1.68 bits per heavy atom. The number of amides is 2. The van der Waals surface area contributed by atoms with Gasteiger partial charge in [-0.2, -0.15) is 13.2 Å². The Kier molecular flexibility index (Phi) is 6.41. The van der Waals surface area contributed by atoms with Crippen LogP contribution < -0.4 is 10.6 Å². The van der Waals surface area contributed by atoms with Gasteiger partial charge in [0, 0.05) is 12.1 Å². The van der Waals surface area contributed by atoms with Crippen molar-refractivity contribution in [2.75, 3.05) is 19.7 Å². The summed E-state index contributed by atoms with van der Waals surface area (Å²) in [5.74, 6) is -2.14. The predicted molar refractivity (Wildman–Crippen MR) is 115 cm³/mol. The Hall–Kier alpha value is -2.95. The molecular weight excluding hydrogens is 453 g/mol. The van der Waals surface area contributed by atoms with E-state index in [0.29, 0.717) is 5.56 Å². The van der Waals surface area contributed by atoms with Crippen LogP contribution in [0.1, 0.15) is 40.1 Å². The number of hydrogen-bond acceptors (Lipinski definition) is 5. The maximum Gasteiger partial charge on any atom is 0.417 e. The molecule has 0 spiro atoms. The van der Waals surface area contributed by atoms with E-state index >= 15 is 0 Å². The van der Waals surface area contributed by atoms with Gasteiger partial charge in [-0.3, -0.25) is 9.59 Å². The third-order valence-corrected chi connectivity index (χ3v) is 5.78. The van der Waals surface area contributed by atoms with Crippen LogP contribution in [0.25, 0.3) is 0 Å². The monoisotopic (exact) mass is 478 g/mol. The van der Waals surface area contributed by atoms with Crippen molar-refractivity contribution in [3.8, 4) is 0 Å². The summed E-state index contributed by atoms with van der Waals surface area (Å²) in [5, 5.41) is 5.35.